The number of fused-ring (bicyclic) bond motifs is 8. The number of hydrogen-bond donors (Lipinski definition) is 0. The number of thiophene rings is 1. The van der Waals surface area contributed by atoms with E-state index in [4.69, 9.17) is 0 Å². The van der Waals surface area contributed by atoms with Crippen molar-refractivity contribution in [3.8, 4) is 27.9 Å². The molecule has 0 spiro atoms. The van der Waals surface area contributed by atoms with Crippen molar-refractivity contribution in [2.45, 2.75) is 0 Å². The standard InChI is InChI=1S/C40H24BrNS/c41-35-24-34-32-16-7-9-20-37(32)43-40(34)39-38(35)33-17-6-8-19-36(33)42(39)29-22-27(25-11-2-1-3-12-25)21-28(23-29)31-18-10-14-26-13-4-5-15-30(26)31/h1-24H. The van der Waals surface area contributed by atoms with Gasteiger partial charge in [-0.3, -0.25) is 0 Å². The minimum absolute atomic E-state index is 1.13. The van der Waals surface area contributed by atoms with E-state index in [2.05, 4.69) is 166 Å². The molecular formula is C40H24BrNS. The normalized spacial score (nSPS) is 11.8. The van der Waals surface area contributed by atoms with Gasteiger partial charge in [0.25, 0.3) is 0 Å². The molecule has 0 fully saturated rings. The predicted molar refractivity (Wildman–Crippen MR) is 190 cm³/mol. The summed E-state index contributed by atoms with van der Waals surface area (Å²) in [4.78, 5) is 0. The molecule has 0 radical (unpaired) electrons. The molecule has 0 aliphatic carbocycles. The highest BCUT2D eigenvalue weighted by Gasteiger charge is 2.21. The van der Waals surface area contributed by atoms with E-state index in [1.165, 1.54) is 75.0 Å². The Labute approximate surface area is 261 Å². The minimum Gasteiger partial charge on any atom is -0.308 e. The molecule has 0 atom stereocenters. The van der Waals surface area contributed by atoms with Gasteiger partial charge in [0.2, 0.25) is 0 Å². The quantitative estimate of drug-likeness (QED) is 0.183. The molecule has 1 nitrogen and oxygen atoms in total. The third-order valence-corrected chi connectivity index (χ3v) is 10.4. The van der Waals surface area contributed by atoms with E-state index in [0.29, 0.717) is 0 Å². The number of hydrogen-bond acceptors (Lipinski definition) is 1. The number of benzene rings is 7. The Morgan fingerprint density at radius 2 is 1.21 bits per heavy atom. The fraction of sp³-hybridized carbons (Fsp3) is 0. The molecule has 0 saturated heterocycles. The lowest BCUT2D eigenvalue weighted by atomic mass is 9.94. The average Bonchev–Trinajstić information content (AvgIpc) is 3.61. The van der Waals surface area contributed by atoms with Crippen molar-refractivity contribution in [2.75, 3.05) is 0 Å². The molecule has 9 rings (SSSR count). The summed E-state index contributed by atoms with van der Waals surface area (Å²) in [5, 5.41) is 7.61. The maximum Gasteiger partial charge on any atom is 0.0731 e. The van der Waals surface area contributed by atoms with Gasteiger partial charge in [0.15, 0.2) is 0 Å². The molecule has 2 heterocycles. The number of aromatic nitrogens is 1. The Morgan fingerprint density at radius 1 is 0.512 bits per heavy atom. The summed E-state index contributed by atoms with van der Waals surface area (Å²) in [6, 6.07) is 53.0. The largest absolute Gasteiger partial charge is 0.308 e. The van der Waals surface area contributed by atoms with Crippen LogP contribution in [-0.2, 0) is 0 Å². The van der Waals surface area contributed by atoms with E-state index in [1.807, 2.05) is 11.3 Å². The summed E-state index contributed by atoms with van der Waals surface area (Å²) < 4.78 is 6.24. The fourth-order valence-electron chi connectivity index (χ4n) is 6.72. The van der Waals surface area contributed by atoms with E-state index in [9.17, 15) is 0 Å². The van der Waals surface area contributed by atoms with Crippen molar-refractivity contribution >= 4 is 80.0 Å². The molecule has 0 amide bonds. The van der Waals surface area contributed by atoms with Gasteiger partial charge in [-0.2, -0.15) is 0 Å². The van der Waals surface area contributed by atoms with Crippen LogP contribution in [0, 0.1) is 0 Å². The second kappa shape index (κ2) is 9.67. The Hall–Kier alpha value is -4.70. The van der Waals surface area contributed by atoms with Gasteiger partial charge in [-0.25, -0.2) is 0 Å². The van der Waals surface area contributed by atoms with Crippen LogP contribution in [0.15, 0.2) is 150 Å². The van der Waals surface area contributed by atoms with Crippen LogP contribution in [0.4, 0.5) is 0 Å². The van der Waals surface area contributed by atoms with Crippen molar-refractivity contribution in [1.29, 1.82) is 0 Å². The summed E-state index contributed by atoms with van der Waals surface area (Å²) in [7, 11) is 0. The molecule has 7 aromatic carbocycles. The molecule has 0 saturated carbocycles. The summed E-state index contributed by atoms with van der Waals surface area (Å²) in [6.07, 6.45) is 0. The van der Waals surface area contributed by atoms with Crippen LogP contribution in [0.25, 0.3) is 80.7 Å². The van der Waals surface area contributed by atoms with Gasteiger partial charge in [0.05, 0.1) is 15.7 Å². The first kappa shape index (κ1) is 24.9. The SMILES string of the molecule is Brc1cc2c3ccccc3sc2c2c1c1ccccc1n2-c1cc(-c2ccccc2)cc(-c2cccc3ccccc23)c1. The lowest BCUT2D eigenvalue weighted by molar-refractivity contribution is 1.19. The molecule has 3 heteroatoms. The molecule has 43 heavy (non-hydrogen) atoms. The summed E-state index contributed by atoms with van der Waals surface area (Å²) in [6.45, 7) is 0. The molecular weight excluding hydrogens is 606 g/mol. The van der Waals surface area contributed by atoms with Gasteiger partial charge in [-0.05, 0) is 69.4 Å². The Kier molecular flexibility index (Phi) is 5.59. The Morgan fingerprint density at radius 3 is 2.09 bits per heavy atom. The van der Waals surface area contributed by atoms with Crippen molar-refractivity contribution < 1.29 is 0 Å². The lowest BCUT2D eigenvalue weighted by Crippen LogP contribution is -1.96. The number of para-hydroxylation sites is 1. The first-order valence-electron chi connectivity index (χ1n) is 14.5. The highest BCUT2D eigenvalue weighted by atomic mass is 79.9. The van der Waals surface area contributed by atoms with Gasteiger partial charge in [-0.1, -0.05) is 125 Å². The maximum atomic E-state index is 4.02. The minimum atomic E-state index is 1.13. The monoisotopic (exact) mass is 629 g/mol. The number of nitrogens with zero attached hydrogens (tertiary/aromatic N) is 1. The average molecular weight is 631 g/mol. The third-order valence-electron chi connectivity index (χ3n) is 8.62. The zero-order valence-corrected chi connectivity index (χ0v) is 25.5. The van der Waals surface area contributed by atoms with Gasteiger partial charge in [0, 0.05) is 36.4 Å². The van der Waals surface area contributed by atoms with Crippen molar-refractivity contribution in [2.24, 2.45) is 0 Å². The lowest BCUT2D eigenvalue weighted by Gasteiger charge is -2.15. The topological polar surface area (TPSA) is 4.93 Å². The Bertz CT molecular complexity index is 2510. The van der Waals surface area contributed by atoms with Crippen LogP contribution in [0.3, 0.4) is 0 Å². The molecule has 0 bridgehead atoms. The van der Waals surface area contributed by atoms with E-state index in [1.54, 1.807) is 0 Å². The molecule has 9 aromatic rings. The van der Waals surface area contributed by atoms with Crippen LogP contribution in [0.5, 0.6) is 0 Å². The van der Waals surface area contributed by atoms with Crippen LogP contribution in [-0.4, -0.2) is 4.57 Å². The molecule has 0 unspecified atom stereocenters. The highest BCUT2D eigenvalue weighted by Crippen LogP contribution is 2.46. The summed E-state index contributed by atoms with van der Waals surface area (Å²) in [5.41, 5.74) is 8.48. The van der Waals surface area contributed by atoms with Crippen molar-refractivity contribution in [1.82, 2.24) is 4.57 Å². The van der Waals surface area contributed by atoms with Crippen LogP contribution in [0.2, 0.25) is 0 Å². The summed E-state index contributed by atoms with van der Waals surface area (Å²) in [5.74, 6) is 0. The molecule has 2 aromatic heterocycles. The fourth-order valence-corrected chi connectivity index (χ4v) is 8.57. The summed E-state index contributed by atoms with van der Waals surface area (Å²) >= 11 is 5.90. The van der Waals surface area contributed by atoms with Crippen LogP contribution < -0.4 is 0 Å². The second-order valence-electron chi connectivity index (χ2n) is 11.1. The van der Waals surface area contributed by atoms with Gasteiger partial charge in [-0.15, -0.1) is 11.3 Å². The van der Waals surface area contributed by atoms with E-state index in [-0.39, 0.29) is 0 Å². The number of halogens is 1. The zero-order chi connectivity index (χ0) is 28.5. The van der Waals surface area contributed by atoms with E-state index in [0.717, 1.165) is 10.2 Å². The first-order valence-corrected chi connectivity index (χ1v) is 16.1. The van der Waals surface area contributed by atoms with Crippen molar-refractivity contribution in [3.05, 3.63) is 150 Å². The van der Waals surface area contributed by atoms with Crippen molar-refractivity contribution in [3.63, 3.8) is 0 Å². The van der Waals surface area contributed by atoms with Crippen LogP contribution in [0.1, 0.15) is 0 Å². The van der Waals surface area contributed by atoms with E-state index >= 15 is 0 Å². The molecule has 0 N–H and O–H groups in total. The van der Waals surface area contributed by atoms with Crippen LogP contribution >= 0.6 is 27.3 Å². The highest BCUT2D eigenvalue weighted by molar-refractivity contribution is 9.10. The smallest absolute Gasteiger partial charge is 0.0731 e. The second-order valence-corrected chi connectivity index (χ2v) is 13.0. The van der Waals surface area contributed by atoms with Gasteiger partial charge in [0.1, 0.15) is 0 Å². The molecule has 202 valence electrons. The maximum absolute atomic E-state index is 4.02. The predicted octanol–water partition coefficient (Wildman–Crippen LogP) is 12.4. The molecule has 0 aliphatic rings. The first-order chi connectivity index (χ1) is 21.2. The Balaban J connectivity index is 1.45. The van der Waals surface area contributed by atoms with Gasteiger partial charge >= 0.3 is 0 Å². The molecule has 0 aliphatic heterocycles. The van der Waals surface area contributed by atoms with E-state index < -0.39 is 0 Å². The third kappa shape index (κ3) is 3.82. The zero-order valence-electron chi connectivity index (χ0n) is 23.1. The van der Waals surface area contributed by atoms with Gasteiger partial charge < -0.3 is 4.57 Å². The number of rotatable bonds is 3.